The zero-order valence-corrected chi connectivity index (χ0v) is 11.1. The predicted molar refractivity (Wildman–Crippen MR) is 72.3 cm³/mol. The Kier molecular flexibility index (Phi) is 4.19. The second kappa shape index (κ2) is 5.87. The second-order valence-electron chi connectivity index (χ2n) is 4.57. The van der Waals surface area contributed by atoms with Crippen molar-refractivity contribution in [3.8, 4) is 0 Å². The number of anilines is 1. The van der Waals surface area contributed by atoms with E-state index in [1.54, 1.807) is 6.07 Å². The molecular weight excluding hydrogens is 264 g/mol. The van der Waals surface area contributed by atoms with E-state index in [0.717, 1.165) is 6.42 Å². The van der Waals surface area contributed by atoms with Gasteiger partial charge >= 0.3 is 11.7 Å². The molecule has 7 heteroatoms. The van der Waals surface area contributed by atoms with E-state index in [4.69, 9.17) is 9.84 Å². The van der Waals surface area contributed by atoms with Gasteiger partial charge in [-0.3, -0.25) is 10.1 Å². The summed E-state index contributed by atoms with van der Waals surface area (Å²) in [6.07, 6.45) is 0.772. The Hall–Kier alpha value is -2.15. The number of ether oxygens (including phenoxy) is 1. The van der Waals surface area contributed by atoms with Gasteiger partial charge in [0, 0.05) is 6.54 Å². The van der Waals surface area contributed by atoms with Crippen LogP contribution in [0, 0.1) is 10.1 Å². The highest BCUT2D eigenvalue weighted by molar-refractivity contribution is 5.95. The average molecular weight is 280 g/mol. The Morgan fingerprint density at radius 2 is 2.35 bits per heavy atom. The van der Waals surface area contributed by atoms with Gasteiger partial charge in [-0.25, -0.2) is 4.79 Å². The number of carboxylic acids is 1. The first-order chi connectivity index (χ1) is 9.56. The lowest BCUT2D eigenvalue weighted by atomic mass is 10.1. The van der Waals surface area contributed by atoms with Crippen LogP contribution in [-0.2, 0) is 4.74 Å². The number of carboxylic acid groups (broad SMARTS) is 1. The number of rotatable bonds is 4. The van der Waals surface area contributed by atoms with E-state index in [2.05, 4.69) is 0 Å². The first kappa shape index (κ1) is 14.3. The van der Waals surface area contributed by atoms with E-state index in [1.807, 2.05) is 11.8 Å². The molecule has 0 bridgehead atoms. The van der Waals surface area contributed by atoms with Crippen LogP contribution >= 0.6 is 0 Å². The van der Waals surface area contributed by atoms with Gasteiger partial charge in [-0.1, -0.05) is 13.0 Å². The zero-order valence-electron chi connectivity index (χ0n) is 11.1. The number of benzene rings is 1. The number of nitro groups is 1. The van der Waals surface area contributed by atoms with Gasteiger partial charge in [0.05, 0.1) is 24.2 Å². The van der Waals surface area contributed by atoms with Crippen molar-refractivity contribution in [1.29, 1.82) is 0 Å². The normalized spacial score (nSPS) is 18.9. The number of nitrogens with zero attached hydrogens (tertiary/aromatic N) is 2. The maximum atomic E-state index is 11.3. The maximum absolute atomic E-state index is 11.3. The molecule has 7 nitrogen and oxygen atoms in total. The van der Waals surface area contributed by atoms with Crippen LogP contribution in [-0.4, -0.2) is 41.8 Å². The van der Waals surface area contributed by atoms with Crippen molar-refractivity contribution in [2.45, 2.75) is 19.4 Å². The Balaban J connectivity index is 2.52. The summed E-state index contributed by atoms with van der Waals surface area (Å²) < 4.78 is 5.37. The number of aromatic carboxylic acids is 1. The molecule has 0 aliphatic carbocycles. The number of hydrogen-bond acceptors (Lipinski definition) is 5. The van der Waals surface area contributed by atoms with Gasteiger partial charge in [-0.05, 0) is 18.6 Å². The molecular formula is C13H16N2O5. The molecule has 0 radical (unpaired) electrons. The molecule has 1 heterocycles. The molecule has 0 spiro atoms. The Morgan fingerprint density at radius 3 is 2.95 bits per heavy atom. The van der Waals surface area contributed by atoms with Gasteiger partial charge < -0.3 is 14.7 Å². The van der Waals surface area contributed by atoms with E-state index in [1.165, 1.54) is 12.1 Å². The van der Waals surface area contributed by atoms with Crippen LogP contribution in [0.4, 0.5) is 11.4 Å². The summed E-state index contributed by atoms with van der Waals surface area (Å²) in [6, 6.07) is 4.41. The van der Waals surface area contributed by atoms with Gasteiger partial charge in [0.25, 0.3) is 0 Å². The first-order valence-electron chi connectivity index (χ1n) is 6.41. The van der Waals surface area contributed by atoms with Crippen LogP contribution in [0.25, 0.3) is 0 Å². The standard InChI is InChI=1S/C13H16N2O5/c1-2-9-8-20-7-6-14(9)11-5-3-4-10(13(16)17)12(11)15(18)19/h3-5,9H,2,6-8H2,1H3,(H,16,17). The molecule has 1 aliphatic heterocycles. The van der Waals surface area contributed by atoms with Gasteiger partial charge in [0.1, 0.15) is 11.3 Å². The van der Waals surface area contributed by atoms with Gasteiger partial charge in [-0.15, -0.1) is 0 Å². The molecule has 1 aliphatic rings. The number of carbonyl (C=O) groups is 1. The lowest BCUT2D eigenvalue weighted by molar-refractivity contribution is -0.384. The maximum Gasteiger partial charge on any atom is 0.342 e. The molecule has 1 fully saturated rings. The highest BCUT2D eigenvalue weighted by Gasteiger charge is 2.31. The summed E-state index contributed by atoms with van der Waals surface area (Å²) >= 11 is 0. The molecule has 0 saturated carbocycles. The summed E-state index contributed by atoms with van der Waals surface area (Å²) in [5, 5.41) is 20.4. The van der Waals surface area contributed by atoms with Crippen LogP contribution < -0.4 is 4.90 Å². The Bertz CT molecular complexity index is 531. The summed E-state index contributed by atoms with van der Waals surface area (Å²) in [6.45, 7) is 3.46. The molecule has 2 rings (SSSR count). The summed E-state index contributed by atoms with van der Waals surface area (Å²) in [5.74, 6) is -1.29. The Labute approximate surface area is 115 Å². The number of nitro benzene ring substituents is 1. The lowest BCUT2D eigenvalue weighted by Crippen LogP contribution is -2.45. The molecule has 1 atom stereocenters. The second-order valence-corrected chi connectivity index (χ2v) is 4.57. The molecule has 1 saturated heterocycles. The van der Waals surface area contributed by atoms with Crippen LogP contribution in [0.15, 0.2) is 18.2 Å². The average Bonchev–Trinajstić information content (AvgIpc) is 2.46. The molecule has 0 amide bonds. The monoisotopic (exact) mass is 280 g/mol. The van der Waals surface area contributed by atoms with Gasteiger partial charge in [0.2, 0.25) is 0 Å². The minimum Gasteiger partial charge on any atom is -0.477 e. The minimum absolute atomic E-state index is 0.0199. The van der Waals surface area contributed by atoms with Crippen molar-refractivity contribution in [3.63, 3.8) is 0 Å². The first-order valence-corrected chi connectivity index (χ1v) is 6.41. The summed E-state index contributed by atoms with van der Waals surface area (Å²) in [7, 11) is 0. The van der Waals surface area contributed by atoms with Crippen molar-refractivity contribution < 1.29 is 19.6 Å². The lowest BCUT2D eigenvalue weighted by Gasteiger charge is -2.36. The third kappa shape index (κ3) is 2.57. The highest BCUT2D eigenvalue weighted by atomic mass is 16.6. The fraction of sp³-hybridized carbons (Fsp3) is 0.462. The number of hydrogen-bond donors (Lipinski definition) is 1. The molecule has 1 aromatic carbocycles. The third-order valence-corrected chi connectivity index (χ3v) is 3.44. The fourth-order valence-electron chi connectivity index (χ4n) is 2.44. The highest BCUT2D eigenvalue weighted by Crippen LogP contribution is 2.34. The van der Waals surface area contributed by atoms with Crippen molar-refractivity contribution in [3.05, 3.63) is 33.9 Å². The van der Waals surface area contributed by atoms with Crippen LogP contribution in [0.3, 0.4) is 0 Å². The number of morpholine rings is 1. The largest absolute Gasteiger partial charge is 0.477 e. The van der Waals surface area contributed by atoms with Crippen LogP contribution in [0.5, 0.6) is 0 Å². The van der Waals surface area contributed by atoms with E-state index < -0.39 is 10.9 Å². The fourth-order valence-corrected chi connectivity index (χ4v) is 2.44. The SMILES string of the molecule is CCC1COCCN1c1cccc(C(=O)O)c1[N+](=O)[O-]. The van der Waals surface area contributed by atoms with Crippen LogP contribution in [0.2, 0.25) is 0 Å². The van der Waals surface area contributed by atoms with Crippen LogP contribution in [0.1, 0.15) is 23.7 Å². The van der Waals surface area contributed by atoms with E-state index in [-0.39, 0.29) is 17.3 Å². The number of para-hydroxylation sites is 1. The quantitative estimate of drug-likeness (QED) is 0.669. The van der Waals surface area contributed by atoms with Crippen molar-refractivity contribution in [2.24, 2.45) is 0 Å². The van der Waals surface area contributed by atoms with E-state index in [0.29, 0.717) is 25.4 Å². The Morgan fingerprint density at radius 1 is 1.60 bits per heavy atom. The topological polar surface area (TPSA) is 92.9 Å². The zero-order chi connectivity index (χ0) is 14.7. The van der Waals surface area contributed by atoms with Crippen molar-refractivity contribution >= 4 is 17.3 Å². The van der Waals surface area contributed by atoms with Crippen molar-refractivity contribution in [1.82, 2.24) is 0 Å². The summed E-state index contributed by atoms with van der Waals surface area (Å²) in [4.78, 5) is 23.7. The molecule has 1 N–H and O–H groups in total. The molecule has 0 aromatic heterocycles. The van der Waals surface area contributed by atoms with Gasteiger partial charge in [0.15, 0.2) is 0 Å². The predicted octanol–water partition coefficient (Wildman–Crippen LogP) is 1.91. The van der Waals surface area contributed by atoms with E-state index >= 15 is 0 Å². The van der Waals surface area contributed by atoms with E-state index in [9.17, 15) is 14.9 Å². The molecule has 108 valence electrons. The minimum atomic E-state index is -1.29. The smallest absolute Gasteiger partial charge is 0.342 e. The summed E-state index contributed by atoms with van der Waals surface area (Å²) in [5.41, 5.74) is -0.278. The van der Waals surface area contributed by atoms with Crippen molar-refractivity contribution in [2.75, 3.05) is 24.7 Å². The van der Waals surface area contributed by atoms with Gasteiger partial charge in [-0.2, -0.15) is 0 Å². The molecule has 20 heavy (non-hydrogen) atoms. The molecule has 1 unspecified atom stereocenters. The third-order valence-electron chi connectivity index (χ3n) is 3.44. The molecule has 1 aromatic rings.